The van der Waals surface area contributed by atoms with Gasteiger partial charge in [-0.2, -0.15) is 22.0 Å². The molecule has 0 saturated carbocycles. The van der Waals surface area contributed by atoms with Crippen LogP contribution in [0.1, 0.15) is 101 Å². The minimum atomic E-state index is -5.61. The van der Waals surface area contributed by atoms with E-state index < -0.39 is 36.8 Å². The molecule has 0 fully saturated rings. The van der Waals surface area contributed by atoms with E-state index in [-0.39, 0.29) is 37.8 Å². The van der Waals surface area contributed by atoms with Crippen LogP contribution >= 0.6 is 0 Å². The van der Waals surface area contributed by atoms with Crippen LogP contribution in [0.15, 0.2) is 42.5 Å². The van der Waals surface area contributed by atoms with Crippen molar-refractivity contribution in [2.24, 2.45) is 5.92 Å². The molecule has 2 aromatic carbocycles. The second-order valence-corrected chi connectivity index (χ2v) is 12.8. The molecule has 1 heterocycles. The van der Waals surface area contributed by atoms with Gasteiger partial charge in [0.05, 0.1) is 12.5 Å². The lowest BCUT2D eigenvalue weighted by atomic mass is 9.66. The van der Waals surface area contributed by atoms with Crippen LogP contribution in [0.2, 0.25) is 0 Å². The van der Waals surface area contributed by atoms with Crippen molar-refractivity contribution in [2.45, 2.75) is 107 Å². The van der Waals surface area contributed by atoms with Gasteiger partial charge in [0.25, 0.3) is 0 Å². The minimum Gasteiger partial charge on any atom is -0.492 e. The monoisotopic (exact) mass is 688 g/mol. The van der Waals surface area contributed by atoms with Gasteiger partial charge < -0.3 is 28.8 Å². The first-order valence-electron chi connectivity index (χ1n) is 16.6. The lowest BCUT2D eigenvalue weighted by molar-refractivity contribution is -0.284. The van der Waals surface area contributed by atoms with Crippen molar-refractivity contribution in [3.8, 4) is 17.2 Å². The van der Waals surface area contributed by atoms with Gasteiger partial charge in [0.15, 0.2) is 13.6 Å². The quantitative estimate of drug-likeness (QED) is 0.0749. The van der Waals surface area contributed by atoms with Gasteiger partial charge in [-0.3, -0.25) is 4.79 Å². The predicted molar refractivity (Wildman–Crippen MR) is 171 cm³/mol. The Hall–Kier alpha value is -3.12. The number of carboxylic acid groups (broad SMARTS) is 1. The van der Waals surface area contributed by atoms with Gasteiger partial charge in [-0.1, -0.05) is 70.1 Å². The third kappa shape index (κ3) is 11.2. The molecule has 2 aromatic rings. The van der Waals surface area contributed by atoms with Crippen LogP contribution in [0.3, 0.4) is 0 Å². The number of benzene rings is 2. The minimum absolute atomic E-state index is 0.143. The van der Waals surface area contributed by atoms with E-state index in [0.29, 0.717) is 18.8 Å². The molecule has 48 heavy (non-hydrogen) atoms. The Morgan fingerprint density at radius 2 is 1.42 bits per heavy atom. The normalized spacial score (nSPS) is 18.5. The second-order valence-electron chi connectivity index (χ2n) is 12.8. The molecule has 12 heteroatoms. The molecule has 0 saturated heterocycles. The van der Waals surface area contributed by atoms with Gasteiger partial charge in [-0.25, -0.2) is 0 Å². The summed E-state index contributed by atoms with van der Waals surface area (Å²) in [6.07, 6.45) is -0.189. The molecule has 7 nitrogen and oxygen atoms in total. The highest BCUT2D eigenvalue weighted by molar-refractivity contribution is 5.69. The first kappa shape index (κ1) is 39.3. The Morgan fingerprint density at radius 1 is 0.854 bits per heavy atom. The summed E-state index contributed by atoms with van der Waals surface area (Å²) in [6.45, 7) is 3.04. The van der Waals surface area contributed by atoms with E-state index in [1.165, 1.54) is 0 Å². The number of ether oxygens (including phenoxy) is 5. The highest BCUT2D eigenvalue weighted by Crippen LogP contribution is 2.50. The largest absolute Gasteiger partial charge is 0.492 e. The molecule has 0 aliphatic carbocycles. The summed E-state index contributed by atoms with van der Waals surface area (Å²) in [5.74, 6) is -4.47. The van der Waals surface area contributed by atoms with Gasteiger partial charge in [0.2, 0.25) is 0 Å². The van der Waals surface area contributed by atoms with Gasteiger partial charge >= 0.3 is 18.1 Å². The van der Waals surface area contributed by atoms with Crippen molar-refractivity contribution in [3.63, 3.8) is 0 Å². The molecule has 0 bridgehead atoms. The van der Waals surface area contributed by atoms with E-state index in [0.717, 1.165) is 67.6 Å². The lowest BCUT2D eigenvalue weighted by Crippen LogP contribution is -2.40. The number of fused-ring (bicyclic) bond motifs is 1. The summed E-state index contributed by atoms with van der Waals surface area (Å²) in [5, 5.41) is 9.39. The molecule has 1 aliphatic rings. The number of carbonyl (C=O) groups is 1. The van der Waals surface area contributed by atoms with Crippen LogP contribution in [0.4, 0.5) is 22.0 Å². The van der Waals surface area contributed by atoms with Gasteiger partial charge in [-0.15, -0.1) is 0 Å². The molecule has 270 valence electrons. The van der Waals surface area contributed by atoms with Gasteiger partial charge in [-0.05, 0) is 55.0 Å². The van der Waals surface area contributed by atoms with E-state index >= 15 is 0 Å². The standard InChI is InChI=1S/C36H49F5O7/c1-34(27-15-17-28(18-16-27)47-24-44-2)23-46-32-22-29(48-25-45-3)19-20-30(32)31(34)14-10-8-6-4-5-7-9-12-26(33(42)43)13-11-21-35(37,38)36(39,40)41/h15-20,22,26,31H,4-14,21,23-25H2,1-3H3,(H,42,43). The molecular formula is C36H49F5O7. The predicted octanol–water partition coefficient (Wildman–Crippen LogP) is 9.67. The second kappa shape index (κ2) is 18.6. The maximum absolute atomic E-state index is 13.2. The molecule has 0 aromatic heterocycles. The zero-order valence-corrected chi connectivity index (χ0v) is 28.1. The zero-order valence-electron chi connectivity index (χ0n) is 28.1. The van der Waals surface area contributed by atoms with Crippen LogP contribution in [0.5, 0.6) is 17.2 Å². The van der Waals surface area contributed by atoms with Crippen molar-refractivity contribution >= 4 is 5.97 Å². The number of alkyl halides is 5. The van der Waals surface area contributed by atoms with Crippen LogP contribution < -0.4 is 14.2 Å². The van der Waals surface area contributed by atoms with Crippen molar-refractivity contribution in [3.05, 3.63) is 53.6 Å². The summed E-state index contributed by atoms with van der Waals surface area (Å²) in [4.78, 5) is 11.5. The van der Waals surface area contributed by atoms with Crippen molar-refractivity contribution in [1.82, 2.24) is 0 Å². The summed E-state index contributed by atoms with van der Waals surface area (Å²) >= 11 is 0. The molecule has 0 spiro atoms. The summed E-state index contributed by atoms with van der Waals surface area (Å²) in [6, 6.07) is 14.0. The number of rotatable bonds is 22. The number of unbranched alkanes of at least 4 members (excludes halogenated alkanes) is 6. The summed E-state index contributed by atoms with van der Waals surface area (Å²) in [5.41, 5.74) is 1.99. The first-order chi connectivity index (χ1) is 22.8. The number of methoxy groups -OCH3 is 2. The van der Waals surface area contributed by atoms with E-state index in [1.54, 1.807) is 14.2 Å². The number of halogens is 5. The maximum Gasteiger partial charge on any atom is 0.453 e. The Bertz CT molecular complexity index is 1250. The number of hydrogen-bond acceptors (Lipinski definition) is 6. The number of aliphatic carboxylic acids is 1. The SMILES string of the molecule is COCOc1ccc(C2(C)COc3cc(OCOC)ccc3C2CCCCCCCCCC(CCCC(F)(F)C(F)(F)F)C(=O)O)cc1. The zero-order chi connectivity index (χ0) is 35.2. The number of hydrogen-bond donors (Lipinski definition) is 1. The third-order valence-corrected chi connectivity index (χ3v) is 9.21. The average molecular weight is 689 g/mol. The first-order valence-corrected chi connectivity index (χ1v) is 16.6. The molecule has 1 N–H and O–H groups in total. The average Bonchev–Trinajstić information content (AvgIpc) is 3.05. The Kier molecular flexibility index (Phi) is 15.2. The summed E-state index contributed by atoms with van der Waals surface area (Å²) in [7, 11) is 3.15. The van der Waals surface area contributed by atoms with Crippen LogP contribution in [0, 0.1) is 5.92 Å². The molecule has 3 unspecified atom stereocenters. The summed E-state index contributed by atoms with van der Waals surface area (Å²) < 4.78 is 91.0. The highest BCUT2D eigenvalue weighted by Gasteiger charge is 2.56. The third-order valence-electron chi connectivity index (χ3n) is 9.21. The van der Waals surface area contributed by atoms with Gasteiger partial charge in [0, 0.05) is 38.0 Å². The van der Waals surface area contributed by atoms with Crippen molar-refractivity contribution in [1.29, 1.82) is 0 Å². The fraction of sp³-hybridized carbons (Fsp3) is 0.639. The molecule has 3 atom stereocenters. The van der Waals surface area contributed by atoms with Gasteiger partial charge in [0.1, 0.15) is 17.2 Å². The smallest absolute Gasteiger partial charge is 0.453 e. The molecule has 0 amide bonds. The molecule has 3 rings (SSSR count). The topological polar surface area (TPSA) is 83.5 Å². The van der Waals surface area contributed by atoms with E-state index in [1.807, 2.05) is 24.3 Å². The lowest BCUT2D eigenvalue weighted by Gasteiger charge is -2.43. The Labute approximate surface area is 280 Å². The van der Waals surface area contributed by atoms with Crippen LogP contribution in [-0.4, -0.2) is 57.6 Å². The van der Waals surface area contributed by atoms with Crippen molar-refractivity contribution < 1.29 is 55.5 Å². The van der Waals surface area contributed by atoms with Crippen molar-refractivity contribution in [2.75, 3.05) is 34.4 Å². The fourth-order valence-electron chi connectivity index (χ4n) is 6.36. The highest BCUT2D eigenvalue weighted by atomic mass is 19.4. The maximum atomic E-state index is 13.2. The van der Waals surface area contributed by atoms with Crippen LogP contribution in [-0.2, 0) is 19.7 Å². The molecule has 0 radical (unpaired) electrons. The van der Waals surface area contributed by atoms with E-state index in [9.17, 15) is 31.9 Å². The number of carboxylic acids is 1. The molecule has 1 aliphatic heterocycles. The van der Waals surface area contributed by atoms with E-state index in [2.05, 4.69) is 25.1 Å². The van der Waals surface area contributed by atoms with E-state index in [4.69, 9.17) is 23.7 Å². The Balaban J connectivity index is 1.50. The Morgan fingerprint density at radius 3 is 2.02 bits per heavy atom. The molecular weight excluding hydrogens is 639 g/mol. The van der Waals surface area contributed by atoms with Crippen LogP contribution in [0.25, 0.3) is 0 Å². The fourth-order valence-corrected chi connectivity index (χ4v) is 6.36.